The number of rotatable bonds is 0. The molecule has 2 N–H and O–H groups in total. The van der Waals surface area contributed by atoms with Gasteiger partial charge < -0.3 is 17.6 Å². The zero-order chi connectivity index (χ0) is 7.84. The summed E-state index contributed by atoms with van der Waals surface area (Å²) in [5.41, 5.74) is 0.174. The largest absolute Gasteiger partial charge is 0.742 e. The van der Waals surface area contributed by atoms with Crippen molar-refractivity contribution in [3.63, 3.8) is 0 Å². The van der Waals surface area contributed by atoms with Crippen LogP contribution < -0.4 is 5.56 Å². The molecule has 56 valence electrons. The predicted molar refractivity (Wildman–Crippen MR) is 40.1 cm³/mol. The third-order valence-corrected chi connectivity index (χ3v) is 1.49. The molecule has 0 aliphatic rings. The molecule has 0 bridgehead atoms. The third-order valence-electron chi connectivity index (χ3n) is 1.30. The Bertz CT molecular complexity index is 445. The average Bonchev–Trinajstić information content (AvgIpc) is 2.34. The molecule has 5 nitrogen and oxygen atoms in total. The van der Waals surface area contributed by atoms with E-state index in [1.165, 1.54) is 6.20 Å². The molecule has 2 aromatic rings. The van der Waals surface area contributed by atoms with Gasteiger partial charge in [-0.05, 0) is 5.16 Å². The van der Waals surface area contributed by atoms with Gasteiger partial charge in [0.1, 0.15) is 5.39 Å². The molecule has 0 aromatic carbocycles. The van der Waals surface area contributed by atoms with Crippen LogP contribution in [0.5, 0.6) is 0 Å². The molecule has 0 radical (unpaired) electrons. The normalized spacial score (nSPS) is 10.5. The number of hydrogen-bond acceptors (Lipinski definition) is 4. The van der Waals surface area contributed by atoms with E-state index in [9.17, 15) is 4.79 Å². The Hall–Kier alpha value is -1.43. The quantitative estimate of drug-likeness (QED) is 0.411. The summed E-state index contributed by atoms with van der Waals surface area (Å²) in [7, 11) is 0. The molecule has 0 saturated carbocycles. The smallest absolute Gasteiger partial charge is 0.260 e. The summed E-state index contributed by atoms with van der Waals surface area (Å²) in [6.07, 6.45) is 1.41. The summed E-state index contributed by atoms with van der Waals surface area (Å²) in [6.45, 7) is 0. The minimum Gasteiger partial charge on any atom is -0.742 e. The van der Waals surface area contributed by atoms with Crippen molar-refractivity contribution < 1.29 is 0 Å². The lowest BCUT2D eigenvalue weighted by molar-refractivity contribution is 0.964. The fourth-order valence-corrected chi connectivity index (χ4v) is 1.01. The van der Waals surface area contributed by atoms with Crippen LogP contribution in [0, 0.1) is 0 Å². The fraction of sp³-hybridized carbons (Fsp3) is 0. The summed E-state index contributed by atoms with van der Waals surface area (Å²) in [5.74, 6) is 0. The van der Waals surface area contributed by atoms with Crippen molar-refractivity contribution in [2.75, 3.05) is 0 Å². The van der Waals surface area contributed by atoms with E-state index in [-0.39, 0.29) is 10.7 Å². The fourth-order valence-electron chi connectivity index (χ4n) is 0.825. The van der Waals surface area contributed by atoms with E-state index in [1.807, 2.05) is 0 Å². The standard InChI is InChI=1S/C5H4N4OS/c10-4-2-1-6-9-3(2)7-5(11)8-4/h1H,(H3,6,7,8,9,10,11)/p-1. The number of nitrogens with zero attached hydrogens (tertiary/aromatic N) is 2. The lowest BCUT2D eigenvalue weighted by Gasteiger charge is -2.00. The lowest BCUT2D eigenvalue weighted by Crippen LogP contribution is -2.07. The lowest BCUT2D eigenvalue weighted by atomic mass is 10.4. The van der Waals surface area contributed by atoms with Crippen molar-refractivity contribution in [2.24, 2.45) is 0 Å². The van der Waals surface area contributed by atoms with Gasteiger partial charge in [-0.15, -0.1) is 0 Å². The molecule has 6 heteroatoms. The van der Waals surface area contributed by atoms with Gasteiger partial charge in [0.15, 0.2) is 5.65 Å². The van der Waals surface area contributed by atoms with E-state index >= 15 is 0 Å². The highest BCUT2D eigenvalue weighted by atomic mass is 32.1. The summed E-state index contributed by atoms with van der Waals surface area (Å²) >= 11 is 4.68. The Morgan fingerprint density at radius 1 is 1.55 bits per heavy atom. The molecular weight excluding hydrogens is 164 g/mol. The SMILES string of the molecule is O=c1[nH]c([S-])nc2[nH]ncc12. The van der Waals surface area contributed by atoms with Crippen LogP contribution in [0.4, 0.5) is 0 Å². The molecule has 0 aliphatic carbocycles. The van der Waals surface area contributed by atoms with Crippen LogP contribution in [-0.2, 0) is 12.6 Å². The number of aromatic amines is 2. The molecule has 0 fully saturated rings. The minimum absolute atomic E-state index is 0.173. The Kier molecular flexibility index (Phi) is 1.16. The van der Waals surface area contributed by atoms with Gasteiger partial charge in [-0.1, -0.05) is 0 Å². The van der Waals surface area contributed by atoms with E-state index in [1.54, 1.807) is 0 Å². The Labute approximate surface area is 66.3 Å². The molecule has 2 rings (SSSR count). The van der Waals surface area contributed by atoms with E-state index in [4.69, 9.17) is 0 Å². The minimum atomic E-state index is -0.256. The zero-order valence-electron chi connectivity index (χ0n) is 5.29. The number of aromatic nitrogens is 4. The summed E-state index contributed by atoms with van der Waals surface area (Å²) in [4.78, 5) is 17.3. The van der Waals surface area contributed by atoms with Crippen LogP contribution in [0.1, 0.15) is 0 Å². The van der Waals surface area contributed by atoms with Gasteiger partial charge in [-0.2, -0.15) is 5.10 Å². The molecule has 0 saturated heterocycles. The van der Waals surface area contributed by atoms with E-state index in [2.05, 4.69) is 32.8 Å². The molecule has 0 aliphatic heterocycles. The van der Waals surface area contributed by atoms with Gasteiger partial charge in [0.25, 0.3) is 5.56 Å². The van der Waals surface area contributed by atoms with E-state index < -0.39 is 0 Å². The maximum atomic E-state index is 11.0. The van der Waals surface area contributed by atoms with Crippen molar-refractivity contribution in [1.82, 2.24) is 20.2 Å². The first-order valence-electron chi connectivity index (χ1n) is 2.88. The van der Waals surface area contributed by atoms with E-state index in [0.29, 0.717) is 11.0 Å². The molecule has 0 atom stereocenters. The predicted octanol–water partition coefficient (Wildman–Crippen LogP) is -0.448. The van der Waals surface area contributed by atoms with Gasteiger partial charge in [-0.25, -0.2) is 4.98 Å². The van der Waals surface area contributed by atoms with Crippen LogP contribution in [0.2, 0.25) is 0 Å². The van der Waals surface area contributed by atoms with Crippen molar-refractivity contribution in [3.05, 3.63) is 16.6 Å². The van der Waals surface area contributed by atoms with Crippen LogP contribution >= 0.6 is 0 Å². The van der Waals surface area contributed by atoms with Gasteiger partial charge in [0.2, 0.25) is 0 Å². The summed E-state index contributed by atoms with van der Waals surface area (Å²) in [6, 6.07) is 0. The number of hydrogen-bond donors (Lipinski definition) is 2. The third kappa shape index (κ3) is 0.874. The average molecular weight is 167 g/mol. The zero-order valence-corrected chi connectivity index (χ0v) is 6.10. The molecule has 2 aromatic heterocycles. The Balaban J connectivity index is 3.02. The second-order valence-electron chi connectivity index (χ2n) is 2.00. The van der Waals surface area contributed by atoms with Gasteiger partial charge >= 0.3 is 0 Å². The van der Waals surface area contributed by atoms with Crippen LogP contribution in [-0.4, -0.2) is 20.2 Å². The number of nitrogens with one attached hydrogen (secondary N) is 2. The van der Waals surface area contributed by atoms with Crippen molar-refractivity contribution in [2.45, 2.75) is 5.16 Å². The van der Waals surface area contributed by atoms with Crippen molar-refractivity contribution in [3.8, 4) is 0 Å². The maximum Gasteiger partial charge on any atom is 0.260 e. The van der Waals surface area contributed by atoms with Crippen LogP contribution in [0.25, 0.3) is 11.0 Å². The first-order valence-corrected chi connectivity index (χ1v) is 3.28. The van der Waals surface area contributed by atoms with Gasteiger partial charge in [-0.3, -0.25) is 9.89 Å². The maximum absolute atomic E-state index is 11.0. The van der Waals surface area contributed by atoms with Crippen LogP contribution in [0.3, 0.4) is 0 Å². The second-order valence-corrected chi connectivity index (χ2v) is 2.39. The number of H-pyrrole nitrogens is 2. The molecule has 2 heterocycles. The Morgan fingerprint density at radius 3 is 3.18 bits per heavy atom. The molecule has 0 amide bonds. The highest BCUT2D eigenvalue weighted by Crippen LogP contribution is 1.99. The van der Waals surface area contributed by atoms with E-state index in [0.717, 1.165) is 0 Å². The molecule has 0 spiro atoms. The van der Waals surface area contributed by atoms with Crippen molar-refractivity contribution >= 4 is 23.7 Å². The highest BCUT2D eigenvalue weighted by Gasteiger charge is 1.98. The van der Waals surface area contributed by atoms with Gasteiger partial charge in [0, 0.05) is 0 Å². The molecular formula is C5H3N4OS-. The summed E-state index contributed by atoms with van der Waals surface area (Å²) < 4.78 is 0. The number of fused-ring (bicyclic) bond motifs is 1. The first kappa shape index (κ1) is 6.29. The highest BCUT2D eigenvalue weighted by molar-refractivity contribution is 7.58. The molecule has 0 unspecified atom stereocenters. The first-order chi connectivity index (χ1) is 5.27. The van der Waals surface area contributed by atoms with Crippen molar-refractivity contribution in [1.29, 1.82) is 0 Å². The van der Waals surface area contributed by atoms with Gasteiger partial charge in [0.05, 0.1) is 6.20 Å². The summed E-state index contributed by atoms with van der Waals surface area (Å²) in [5, 5.41) is 6.81. The second kappa shape index (κ2) is 2.03. The van der Waals surface area contributed by atoms with Crippen LogP contribution in [0.15, 0.2) is 16.1 Å². The molecule has 11 heavy (non-hydrogen) atoms. The Morgan fingerprint density at radius 2 is 2.36 bits per heavy atom. The monoisotopic (exact) mass is 167 g/mol. The topological polar surface area (TPSA) is 74.4 Å².